The van der Waals surface area contributed by atoms with Crippen molar-refractivity contribution >= 4 is 11.8 Å². The molecule has 0 aromatic carbocycles. The van der Waals surface area contributed by atoms with Crippen LogP contribution in [0.3, 0.4) is 0 Å². The first-order valence-electron chi connectivity index (χ1n) is 5.61. The van der Waals surface area contributed by atoms with Crippen molar-refractivity contribution in [2.45, 2.75) is 26.7 Å². The molecule has 1 fully saturated rings. The Labute approximate surface area is 90.1 Å². The normalized spacial score (nSPS) is 30.2. The summed E-state index contributed by atoms with van der Waals surface area (Å²) in [5.41, 5.74) is 0. The SMILES string of the molecule is CC(C)CN1C(=O)C2CC=CCC2C1=O. The Bertz CT molecular complexity index is 294. The van der Waals surface area contributed by atoms with E-state index in [9.17, 15) is 9.59 Å². The lowest BCUT2D eigenvalue weighted by Crippen LogP contribution is -2.34. The Hall–Kier alpha value is -1.12. The van der Waals surface area contributed by atoms with Crippen molar-refractivity contribution in [3.63, 3.8) is 0 Å². The summed E-state index contributed by atoms with van der Waals surface area (Å²) < 4.78 is 0. The molecule has 0 saturated carbocycles. The fraction of sp³-hybridized carbons (Fsp3) is 0.667. The maximum Gasteiger partial charge on any atom is 0.233 e. The van der Waals surface area contributed by atoms with Crippen LogP contribution in [0.5, 0.6) is 0 Å². The summed E-state index contributed by atoms with van der Waals surface area (Å²) in [6.45, 7) is 4.63. The van der Waals surface area contributed by atoms with Crippen LogP contribution in [0.4, 0.5) is 0 Å². The summed E-state index contributed by atoms with van der Waals surface area (Å²) in [4.78, 5) is 25.4. The second kappa shape index (κ2) is 3.80. The Balaban J connectivity index is 2.17. The Morgan fingerprint density at radius 1 is 1.20 bits per heavy atom. The van der Waals surface area contributed by atoms with Crippen molar-refractivity contribution in [3.05, 3.63) is 12.2 Å². The molecule has 15 heavy (non-hydrogen) atoms. The van der Waals surface area contributed by atoms with Crippen LogP contribution in [0.2, 0.25) is 0 Å². The standard InChI is InChI=1S/C12H17NO2/c1-8(2)7-13-11(14)9-5-3-4-6-10(9)12(13)15/h3-4,8-10H,5-7H2,1-2H3. The van der Waals surface area contributed by atoms with Crippen molar-refractivity contribution in [2.24, 2.45) is 17.8 Å². The Morgan fingerprint density at radius 2 is 1.67 bits per heavy atom. The highest BCUT2D eigenvalue weighted by atomic mass is 16.2. The number of nitrogens with zero attached hydrogens (tertiary/aromatic N) is 1. The summed E-state index contributed by atoms with van der Waals surface area (Å²) >= 11 is 0. The van der Waals surface area contributed by atoms with Crippen LogP contribution in [-0.2, 0) is 9.59 Å². The zero-order valence-electron chi connectivity index (χ0n) is 9.27. The molecule has 0 aromatic heterocycles. The van der Waals surface area contributed by atoms with Crippen molar-refractivity contribution in [3.8, 4) is 0 Å². The van der Waals surface area contributed by atoms with Crippen LogP contribution >= 0.6 is 0 Å². The number of fused-ring (bicyclic) bond motifs is 1. The molecule has 82 valence electrons. The van der Waals surface area contributed by atoms with Gasteiger partial charge in [-0.05, 0) is 18.8 Å². The van der Waals surface area contributed by atoms with E-state index in [4.69, 9.17) is 0 Å². The van der Waals surface area contributed by atoms with Gasteiger partial charge in [-0.2, -0.15) is 0 Å². The van der Waals surface area contributed by atoms with Crippen LogP contribution in [0.15, 0.2) is 12.2 Å². The molecule has 0 radical (unpaired) electrons. The van der Waals surface area contributed by atoms with Gasteiger partial charge in [0.1, 0.15) is 0 Å². The second-order valence-electron chi connectivity index (χ2n) is 4.84. The molecule has 3 nitrogen and oxygen atoms in total. The summed E-state index contributed by atoms with van der Waals surface area (Å²) in [5, 5.41) is 0. The minimum atomic E-state index is -0.0683. The van der Waals surface area contributed by atoms with Gasteiger partial charge >= 0.3 is 0 Å². The minimum absolute atomic E-state index is 0.0445. The summed E-state index contributed by atoms with van der Waals surface area (Å²) in [5.74, 6) is 0.305. The Morgan fingerprint density at radius 3 is 2.07 bits per heavy atom. The van der Waals surface area contributed by atoms with Gasteiger partial charge in [0.2, 0.25) is 11.8 Å². The average molecular weight is 207 g/mol. The lowest BCUT2D eigenvalue weighted by atomic mass is 9.85. The number of carbonyl (C=O) groups is 2. The molecular formula is C12H17NO2. The largest absolute Gasteiger partial charge is 0.282 e. The maximum absolute atomic E-state index is 12.0. The van der Waals surface area contributed by atoms with E-state index in [1.807, 2.05) is 26.0 Å². The third-order valence-electron chi connectivity index (χ3n) is 3.15. The third-order valence-corrected chi connectivity index (χ3v) is 3.15. The molecule has 3 heteroatoms. The highest BCUT2D eigenvalue weighted by Crippen LogP contribution is 2.35. The van der Waals surface area contributed by atoms with E-state index < -0.39 is 0 Å². The van der Waals surface area contributed by atoms with Gasteiger partial charge in [0.15, 0.2) is 0 Å². The number of allylic oxidation sites excluding steroid dienone is 2. The predicted octanol–water partition coefficient (Wildman–Crippen LogP) is 1.59. The topological polar surface area (TPSA) is 37.4 Å². The van der Waals surface area contributed by atoms with E-state index in [-0.39, 0.29) is 23.7 Å². The molecule has 0 N–H and O–H groups in total. The molecule has 2 aliphatic rings. The predicted molar refractivity (Wildman–Crippen MR) is 56.9 cm³/mol. The van der Waals surface area contributed by atoms with E-state index in [1.54, 1.807) is 0 Å². The first kappa shape index (κ1) is 10.4. The number of hydrogen-bond donors (Lipinski definition) is 0. The molecule has 0 bridgehead atoms. The monoisotopic (exact) mass is 207 g/mol. The molecule has 2 rings (SSSR count). The number of amides is 2. The Kier molecular flexibility index (Phi) is 2.63. The van der Waals surface area contributed by atoms with Gasteiger partial charge in [-0.1, -0.05) is 26.0 Å². The van der Waals surface area contributed by atoms with Gasteiger partial charge in [0.05, 0.1) is 11.8 Å². The number of carbonyl (C=O) groups excluding carboxylic acids is 2. The van der Waals surface area contributed by atoms with Crippen molar-refractivity contribution in [1.29, 1.82) is 0 Å². The lowest BCUT2D eigenvalue weighted by molar-refractivity contribution is -0.140. The smallest absolute Gasteiger partial charge is 0.233 e. The van der Waals surface area contributed by atoms with Crippen molar-refractivity contribution < 1.29 is 9.59 Å². The van der Waals surface area contributed by atoms with Gasteiger partial charge in [-0.25, -0.2) is 0 Å². The van der Waals surface area contributed by atoms with E-state index >= 15 is 0 Å². The molecular weight excluding hydrogens is 190 g/mol. The number of hydrogen-bond acceptors (Lipinski definition) is 2. The minimum Gasteiger partial charge on any atom is -0.282 e. The number of likely N-dealkylation sites (tertiary alicyclic amines) is 1. The van der Waals surface area contributed by atoms with E-state index in [0.29, 0.717) is 12.5 Å². The van der Waals surface area contributed by atoms with Gasteiger partial charge < -0.3 is 0 Å². The van der Waals surface area contributed by atoms with Crippen LogP contribution < -0.4 is 0 Å². The van der Waals surface area contributed by atoms with Crippen LogP contribution in [0, 0.1) is 17.8 Å². The van der Waals surface area contributed by atoms with E-state index in [1.165, 1.54) is 4.90 Å². The molecule has 1 aliphatic heterocycles. The fourth-order valence-electron chi connectivity index (χ4n) is 2.41. The maximum atomic E-state index is 12.0. The fourth-order valence-corrected chi connectivity index (χ4v) is 2.41. The molecule has 1 aliphatic carbocycles. The molecule has 1 heterocycles. The molecule has 0 spiro atoms. The molecule has 1 saturated heterocycles. The third kappa shape index (κ3) is 1.71. The summed E-state index contributed by atoms with van der Waals surface area (Å²) in [6.07, 6.45) is 5.52. The first-order valence-corrected chi connectivity index (χ1v) is 5.61. The molecule has 2 amide bonds. The van der Waals surface area contributed by atoms with Crippen LogP contribution in [-0.4, -0.2) is 23.3 Å². The molecule has 2 atom stereocenters. The highest BCUT2D eigenvalue weighted by molar-refractivity contribution is 6.05. The zero-order valence-corrected chi connectivity index (χ0v) is 9.27. The van der Waals surface area contributed by atoms with Crippen LogP contribution in [0.25, 0.3) is 0 Å². The molecule has 2 unspecified atom stereocenters. The quantitative estimate of drug-likeness (QED) is 0.509. The highest BCUT2D eigenvalue weighted by Gasteiger charge is 2.46. The van der Waals surface area contributed by atoms with E-state index in [0.717, 1.165) is 12.8 Å². The summed E-state index contributed by atoms with van der Waals surface area (Å²) in [7, 11) is 0. The van der Waals surface area contributed by atoms with Gasteiger partial charge in [-0.3, -0.25) is 14.5 Å². The van der Waals surface area contributed by atoms with Crippen molar-refractivity contribution in [2.75, 3.05) is 6.54 Å². The zero-order chi connectivity index (χ0) is 11.0. The number of imide groups is 1. The number of rotatable bonds is 2. The first-order chi connectivity index (χ1) is 7.11. The molecule has 0 aromatic rings. The van der Waals surface area contributed by atoms with Gasteiger partial charge in [0, 0.05) is 6.54 Å². The van der Waals surface area contributed by atoms with Gasteiger partial charge in [0.25, 0.3) is 0 Å². The average Bonchev–Trinajstić information content (AvgIpc) is 2.44. The lowest BCUT2D eigenvalue weighted by Gasteiger charge is -2.16. The summed E-state index contributed by atoms with van der Waals surface area (Å²) in [6, 6.07) is 0. The second-order valence-corrected chi connectivity index (χ2v) is 4.84. The van der Waals surface area contributed by atoms with E-state index in [2.05, 4.69) is 0 Å². The van der Waals surface area contributed by atoms with Gasteiger partial charge in [-0.15, -0.1) is 0 Å². The van der Waals surface area contributed by atoms with Crippen LogP contribution in [0.1, 0.15) is 26.7 Å². The van der Waals surface area contributed by atoms with Crippen molar-refractivity contribution in [1.82, 2.24) is 4.90 Å².